The van der Waals surface area contributed by atoms with Crippen molar-refractivity contribution in [3.8, 4) is 5.75 Å². The minimum atomic E-state index is -5.02. The van der Waals surface area contributed by atoms with E-state index in [0.717, 1.165) is 50.3 Å². The number of anilines is 2. The van der Waals surface area contributed by atoms with Gasteiger partial charge in [-0.15, -0.1) is 0 Å². The van der Waals surface area contributed by atoms with Crippen molar-refractivity contribution in [2.75, 3.05) is 31.1 Å². The Morgan fingerprint density at radius 2 is 1.60 bits per heavy atom. The maximum atomic E-state index is 14.7. The van der Waals surface area contributed by atoms with Crippen LogP contribution in [0.3, 0.4) is 0 Å². The van der Waals surface area contributed by atoms with Gasteiger partial charge in [0.25, 0.3) is 5.91 Å². The number of ether oxygens (including phenoxy) is 1. The van der Waals surface area contributed by atoms with Gasteiger partial charge in [0.1, 0.15) is 17.4 Å². The Bertz CT molecular complexity index is 1690. The summed E-state index contributed by atoms with van der Waals surface area (Å²) in [5.41, 5.74) is -2.70. The standard InChI is InChI=1S/C37H43F6N5O4/c38-35(39,40)20-47-10-6-25(7-11-47)52-26-4-5-29-28(17-26)34(8-2-1-3-9-34)19-48(29)33-44-18-27(30(45-33)37(41,42)43)31(49)46-36(32(50)51)23-13-21-12-22(15-23)16-24(36)14-21/h4-5,17-18,21-25H,1-3,6-16,19-20H2,(H,46,49)(H,50,51). The van der Waals surface area contributed by atoms with E-state index in [1.165, 1.54) is 4.90 Å². The molecule has 2 aliphatic heterocycles. The van der Waals surface area contributed by atoms with E-state index in [1.807, 2.05) is 6.07 Å². The molecular formula is C37H43F6N5O4. The normalized spacial score (nSPS) is 30.1. The number of benzene rings is 1. The van der Waals surface area contributed by atoms with Gasteiger partial charge in [0.05, 0.1) is 12.1 Å². The van der Waals surface area contributed by atoms with Gasteiger partial charge < -0.3 is 20.1 Å². The molecule has 52 heavy (non-hydrogen) atoms. The molecule has 2 N–H and O–H groups in total. The van der Waals surface area contributed by atoms with Crippen molar-refractivity contribution in [2.24, 2.45) is 23.7 Å². The Kier molecular flexibility index (Phi) is 8.69. The van der Waals surface area contributed by atoms with Crippen LogP contribution in [0.4, 0.5) is 38.0 Å². The van der Waals surface area contributed by atoms with Crippen LogP contribution < -0.4 is 15.0 Å². The highest BCUT2D eigenvalue weighted by atomic mass is 19.4. The van der Waals surface area contributed by atoms with Crippen LogP contribution >= 0.6 is 0 Å². The highest BCUT2D eigenvalue weighted by Gasteiger charge is 2.62. The molecule has 5 saturated carbocycles. The summed E-state index contributed by atoms with van der Waals surface area (Å²) >= 11 is 0. The third-order valence-electron chi connectivity index (χ3n) is 13.0. The SMILES string of the molecule is O=C(NC1(C(=O)O)C2CC3CC(C2)CC1C3)c1cnc(N2CC3(CCCCC3)c3cc(OC4CCN(CC(F)(F)F)CC4)ccc32)nc1C(F)(F)F. The zero-order chi connectivity index (χ0) is 36.6. The molecule has 282 valence electrons. The van der Waals surface area contributed by atoms with Gasteiger partial charge in [-0.25, -0.2) is 14.8 Å². The number of halogens is 6. The molecular weight excluding hydrogens is 692 g/mol. The van der Waals surface area contributed by atoms with Crippen LogP contribution in [0, 0.1) is 23.7 Å². The van der Waals surface area contributed by atoms with E-state index in [4.69, 9.17) is 4.74 Å². The summed E-state index contributed by atoms with van der Waals surface area (Å²) in [6, 6.07) is 5.40. The second-order valence-corrected chi connectivity index (χ2v) is 16.2. The summed E-state index contributed by atoms with van der Waals surface area (Å²) in [7, 11) is 0. The van der Waals surface area contributed by atoms with Crippen LogP contribution in [-0.4, -0.2) is 75.8 Å². The number of carboxylic acid groups (broad SMARTS) is 1. The Morgan fingerprint density at radius 1 is 0.942 bits per heavy atom. The average Bonchev–Trinajstić information content (AvgIpc) is 3.38. The van der Waals surface area contributed by atoms with Gasteiger partial charge in [-0.3, -0.25) is 9.69 Å². The van der Waals surface area contributed by atoms with Gasteiger partial charge in [0.2, 0.25) is 5.95 Å². The van der Waals surface area contributed by atoms with E-state index in [2.05, 4.69) is 15.3 Å². The summed E-state index contributed by atoms with van der Waals surface area (Å²) in [5, 5.41) is 13.1. The molecule has 1 saturated heterocycles. The molecule has 9 rings (SSSR count). The second-order valence-electron chi connectivity index (χ2n) is 16.2. The summed E-state index contributed by atoms with van der Waals surface area (Å²) in [4.78, 5) is 37.9. The predicted octanol–water partition coefficient (Wildman–Crippen LogP) is 7.26. The number of fused-ring (bicyclic) bond motifs is 2. The van der Waals surface area contributed by atoms with E-state index in [1.54, 1.807) is 17.0 Å². The van der Waals surface area contributed by atoms with Crippen molar-refractivity contribution >= 4 is 23.5 Å². The number of rotatable bonds is 7. The number of hydrogen-bond acceptors (Lipinski definition) is 7. The first kappa shape index (κ1) is 35.4. The molecule has 0 radical (unpaired) electrons. The van der Waals surface area contributed by atoms with E-state index < -0.39 is 53.0 Å². The van der Waals surface area contributed by atoms with E-state index >= 15 is 0 Å². The second kappa shape index (κ2) is 12.8. The third-order valence-corrected chi connectivity index (χ3v) is 13.0. The largest absolute Gasteiger partial charge is 0.490 e. The van der Waals surface area contributed by atoms with Crippen LogP contribution in [-0.2, 0) is 16.4 Å². The molecule has 0 unspecified atom stereocenters. The molecule has 6 fully saturated rings. The molecule has 0 atom stereocenters. The number of amides is 1. The van der Waals surface area contributed by atoms with Crippen molar-refractivity contribution in [1.29, 1.82) is 0 Å². The quantitative estimate of drug-likeness (QED) is 0.286. The van der Waals surface area contributed by atoms with Crippen molar-refractivity contribution in [3.05, 3.63) is 41.2 Å². The van der Waals surface area contributed by atoms with Crippen LogP contribution in [0.15, 0.2) is 24.4 Å². The first-order valence-electron chi connectivity index (χ1n) is 18.5. The van der Waals surface area contributed by atoms with Crippen LogP contribution in [0.1, 0.15) is 98.7 Å². The van der Waals surface area contributed by atoms with Gasteiger partial charge in [0.15, 0.2) is 5.69 Å². The topological polar surface area (TPSA) is 108 Å². The fourth-order valence-electron chi connectivity index (χ4n) is 10.9. The third kappa shape index (κ3) is 6.27. The van der Waals surface area contributed by atoms with Gasteiger partial charge in [0, 0.05) is 36.9 Å². The zero-order valence-electron chi connectivity index (χ0n) is 28.7. The minimum Gasteiger partial charge on any atom is -0.490 e. The number of nitrogens with one attached hydrogen (secondary N) is 1. The van der Waals surface area contributed by atoms with Crippen LogP contribution in [0.25, 0.3) is 0 Å². The summed E-state index contributed by atoms with van der Waals surface area (Å²) in [6.45, 7) is -0.0952. The summed E-state index contributed by atoms with van der Waals surface area (Å²) in [6.07, 6.45) is 0.237. The van der Waals surface area contributed by atoms with Gasteiger partial charge >= 0.3 is 18.3 Å². The van der Waals surface area contributed by atoms with E-state index in [9.17, 15) is 41.0 Å². The number of carboxylic acids is 1. The molecule has 5 aliphatic carbocycles. The van der Waals surface area contributed by atoms with Crippen molar-refractivity contribution < 1.29 is 45.8 Å². The maximum Gasteiger partial charge on any atom is 0.434 e. The van der Waals surface area contributed by atoms with Crippen LogP contribution in [0.5, 0.6) is 5.75 Å². The average molecular weight is 736 g/mol. The zero-order valence-corrected chi connectivity index (χ0v) is 28.7. The minimum absolute atomic E-state index is 0.208. The van der Waals surface area contributed by atoms with Crippen LogP contribution in [0.2, 0.25) is 0 Å². The van der Waals surface area contributed by atoms with Gasteiger partial charge in [-0.1, -0.05) is 19.3 Å². The smallest absolute Gasteiger partial charge is 0.434 e. The van der Waals surface area contributed by atoms with Gasteiger partial charge in [-0.2, -0.15) is 26.3 Å². The number of alkyl halides is 6. The number of aliphatic carboxylic acids is 1. The molecule has 7 aliphatic rings. The fourth-order valence-corrected chi connectivity index (χ4v) is 10.9. The lowest BCUT2D eigenvalue weighted by Gasteiger charge is -2.59. The molecule has 1 amide bonds. The molecule has 1 spiro atoms. The van der Waals surface area contributed by atoms with E-state index in [0.29, 0.717) is 68.3 Å². The molecule has 9 nitrogen and oxygen atoms in total. The highest BCUT2D eigenvalue weighted by molar-refractivity contribution is 5.99. The summed E-state index contributed by atoms with van der Waals surface area (Å²) in [5.74, 6) is -1.92. The predicted molar refractivity (Wildman–Crippen MR) is 176 cm³/mol. The lowest BCUT2D eigenvalue weighted by molar-refractivity contribution is -0.163. The molecule has 4 bridgehead atoms. The Hall–Kier alpha value is -3.62. The number of piperidine rings is 1. The number of aromatic nitrogens is 2. The molecule has 3 heterocycles. The Balaban J connectivity index is 1.07. The van der Waals surface area contributed by atoms with Crippen molar-refractivity contribution in [3.63, 3.8) is 0 Å². The lowest BCUT2D eigenvalue weighted by Crippen LogP contribution is -2.70. The molecule has 2 aromatic rings. The van der Waals surface area contributed by atoms with E-state index in [-0.39, 0.29) is 37.0 Å². The number of carbonyl (C=O) groups is 2. The highest BCUT2D eigenvalue weighted by Crippen LogP contribution is 2.59. The number of nitrogens with zero attached hydrogens (tertiary/aromatic N) is 4. The lowest BCUT2D eigenvalue weighted by atomic mass is 9.48. The maximum absolute atomic E-state index is 14.7. The fraction of sp³-hybridized carbons (Fsp3) is 0.676. The molecule has 1 aromatic heterocycles. The Labute approximate surface area is 297 Å². The van der Waals surface area contributed by atoms with Crippen molar-refractivity contribution in [1.82, 2.24) is 20.2 Å². The number of carbonyl (C=O) groups excluding carboxylic acids is 1. The number of hydrogen-bond donors (Lipinski definition) is 2. The molecule has 1 aromatic carbocycles. The van der Waals surface area contributed by atoms with Gasteiger partial charge in [-0.05, 0) is 105 Å². The first-order chi connectivity index (χ1) is 24.6. The number of likely N-dealkylation sites (tertiary alicyclic amines) is 1. The summed E-state index contributed by atoms with van der Waals surface area (Å²) < 4.78 is 89.1. The Morgan fingerprint density at radius 3 is 2.19 bits per heavy atom. The first-order valence-corrected chi connectivity index (χ1v) is 18.5. The van der Waals surface area contributed by atoms with Crippen molar-refractivity contribution in [2.45, 2.75) is 106 Å². The monoisotopic (exact) mass is 735 g/mol. The molecule has 15 heteroatoms.